The first kappa shape index (κ1) is 15.4. The van der Waals surface area contributed by atoms with Gasteiger partial charge in [-0.3, -0.25) is 4.21 Å². The Morgan fingerprint density at radius 3 is 2.40 bits per heavy atom. The van der Waals surface area contributed by atoms with Crippen LogP contribution in [0.25, 0.3) is 0 Å². The highest BCUT2D eigenvalue weighted by atomic mass is 79.9. The average molecular weight is 418 g/mol. The van der Waals surface area contributed by atoms with Crippen LogP contribution in [0.15, 0.2) is 56.3 Å². The second kappa shape index (κ2) is 6.65. The van der Waals surface area contributed by atoms with Crippen LogP contribution >= 0.6 is 31.9 Å². The molecule has 0 saturated heterocycles. The van der Waals surface area contributed by atoms with E-state index in [9.17, 15) is 9.00 Å². The fraction of sp³-hybridized carbons (Fsp3) is 0.0714. The molecule has 0 aliphatic rings. The second-order valence-electron chi connectivity index (χ2n) is 4.03. The molecule has 2 aromatic carbocycles. The van der Waals surface area contributed by atoms with E-state index in [4.69, 9.17) is 5.11 Å². The van der Waals surface area contributed by atoms with Crippen LogP contribution in [0.4, 0.5) is 0 Å². The molecule has 3 nitrogen and oxygen atoms in total. The van der Waals surface area contributed by atoms with Crippen molar-refractivity contribution in [3.8, 4) is 0 Å². The van der Waals surface area contributed by atoms with Crippen molar-refractivity contribution in [3.63, 3.8) is 0 Å². The Morgan fingerprint density at radius 1 is 1.10 bits per heavy atom. The summed E-state index contributed by atoms with van der Waals surface area (Å²) in [6, 6.07) is 12.1. The second-order valence-corrected chi connectivity index (χ2v) is 7.16. The van der Waals surface area contributed by atoms with E-state index in [0.717, 1.165) is 14.9 Å². The topological polar surface area (TPSA) is 54.4 Å². The van der Waals surface area contributed by atoms with Crippen LogP contribution in [0, 0.1) is 0 Å². The van der Waals surface area contributed by atoms with Crippen LogP contribution < -0.4 is 0 Å². The lowest BCUT2D eigenvalue weighted by Gasteiger charge is -2.07. The summed E-state index contributed by atoms with van der Waals surface area (Å²) in [6.45, 7) is 0. The molecule has 1 N–H and O–H groups in total. The van der Waals surface area contributed by atoms with Crippen molar-refractivity contribution in [2.45, 2.75) is 10.6 Å². The molecule has 0 bridgehead atoms. The number of carboxylic acids is 1. The van der Waals surface area contributed by atoms with Gasteiger partial charge in [0.05, 0.1) is 27.0 Å². The molecule has 0 fully saturated rings. The van der Waals surface area contributed by atoms with Crippen LogP contribution in [-0.4, -0.2) is 15.3 Å². The summed E-state index contributed by atoms with van der Waals surface area (Å²) < 4.78 is 13.8. The number of carbonyl (C=O) groups is 1. The minimum absolute atomic E-state index is 0.201. The Bertz CT molecular complexity index is 686. The summed E-state index contributed by atoms with van der Waals surface area (Å²) in [5.41, 5.74) is 1.01. The summed E-state index contributed by atoms with van der Waals surface area (Å²) in [5.74, 6) is -0.660. The van der Waals surface area contributed by atoms with Crippen molar-refractivity contribution in [1.29, 1.82) is 0 Å². The maximum absolute atomic E-state index is 12.3. The SMILES string of the molecule is O=C(O)c1ccc(CS(=O)c2ccccc2Br)c(Br)c1. The lowest BCUT2D eigenvalue weighted by atomic mass is 10.1. The molecule has 2 aromatic rings. The van der Waals surface area contributed by atoms with Gasteiger partial charge in [-0.2, -0.15) is 0 Å². The molecule has 6 heteroatoms. The summed E-state index contributed by atoms with van der Waals surface area (Å²) in [5, 5.41) is 8.91. The largest absolute Gasteiger partial charge is 0.478 e. The van der Waals surface area contributed by atoms with Crippen molar-refractivity contribution in [2.75, 3.05) is 0 Å². The lowest BCUT2D eigenvalue weighted by Crippen LogP contribution is -2.01. The van der Waals surface area contributed by atoms with Gasteiger partial charge < -0.3 is 5.11 Å². The summed E-state index contributed by atoms with van der Waals surface area (Å²) in [4.78, 5) is 11.6. The Kier molecular flexibility index (Phi) is 5.12. The Balaban J connectivity index is 2.25. The Morgan fingerprint density at radius 2 is 1.80 bits per heavy atom. The third-order valence-electron chi connectivity index (χ3n) is 2.67. The van der Waals surface area contributed by atoms with Gasteiger partial charge in [0, 0.05) is 8.95 Å². The van der Waals surface area contributed by atoms with E-state index in [0.29, 0.717) is 10.2 Å². The maximum Gasteiger partial charge on any atom is 0.335 e. The molecule has 20 heavy (non-hydrogen) atoms. The number of carboxylic acid groups (broad SMARTS) is 1. The third kappa shape index (κ3) is 3.56. The normalized spacial score (nSPS) is 12.1. The van der Waals surface area contributed by atoms with Gasteiger partial charge in [-0.05, 0) is 45.8 Å². The Hall–Kier alpha value is -0.980. The molecule has 104 valence electrons. The monoisotopic (exact) mass is 416 g/mol. The van der Waals surface area contributed by atoms with Crippen molar-refractivity contribution in [2.24, 2.45) is 0 Å². The minimum atomic E-state index is -1.20. The van der Waals surface area contributed by atoms with Crippen LogP contribution in [-0.2, 0) is 16.6 Å². The zero-order valence-corrected chi connectivity index (χ0v) is 14.2. The van der Waals surface area contributed by atoms with E-state index in [1.807, 2.05) is 18.2 Å². The number of benzene rings is 2. The van der Waals surface area contributed by atoms with Crippen molar-refractivity contribution in [1.82, 2.24) is 0 Å². The number of aromatic carboxylic acids is 1. The average Bonchev–Trinajstić information content (AvgIpc) is 2.41. The van der Waals surface area contributed by atoms with Crippen molar-refractivity contribution >= 4 is 48.6 Å². The van der Waals surface area contributed by atoms with E-state index < -0.39 is 16.8 Å². The van der Waals surface area contributed by atoms with Gasteiger partial charge in [-0.1, -0.05) is 34.1 Å². The molecule has 0 radical (unpaired) electrons. The molecule has 0 aliphatic carbocycles. The van der Waals surface area contributed by atoms with E-state index in [1.54, 1.807) is 12.1 Å². The van der Waals surface area contributed by atoms with E-state index in [1.165, 1.54) is 12.1 Å². The molecule has 0 spiro atoms. The fourth-order valence-corrected chi connectivity index (χ4v) is 4.38. The number of hydrogen-bond acceptors (Lipinski definition) is 2. The first-order valence-corrected chi connectivity index (χ1v) is 8.54. The molecule has 0 amide bonds. The van der Waals surface area contributed by atoms with Crippen LogP contribution in [0.1, 0.15) is 15.9 Å². The highest BCUT2D eigenvalue weighted by Gasteiger charge is 2.12. The quantitative estimate of drug-likeness (QED) is 0.810. The predicted octanol–water partition coefficient (Wildman–Crippen LogP) is 4.22. The summed E-state index contributed by atoms with van der Waals surface area (Å²) >= 11 is 6.70. The molecule has 1 atom stereocenters. The minimum Gasteiger partial charge on any atom is -0.478 e. The lowest BCUT2D eigenvalue weighted by molar-refractivity contribution is 0.0697. The van der Waals surface area contributed by atoms with Gasteiger partial charge in [0.2, 0.25) is 0 Å². The first-order valence-electron chi connectivity index (χ1n) is 5.63. The molecule has 0 heterocycles. The van der Waals surface area contributed by atoms with Crippen LogP contribution in [0.3, 0.4) is 0 Å². The summed E-state index contributed by atoms with van der Waals surface area (Å²) in [7, 11) is -1.20. The number of hydrogen-bond donors (Lipinski definition) is 1. The van der Waals surface area contributed by atoms with Gasteiger partial charge in [0.15, 0.2) is 0 Å². The summed E-state index contributed by atoms with van der Waals surface area (Å²) in [6.07, 6.45) is 0. The van der Waals surface area contributed by atoms with Gasteiger partial charge in [-0.25, -0.2) is 4.79 Å². The molecule has 1 unspecified atom stereocenters. The van der Waals surface area contributed by atoms with Crippen LogP contribution in [0.2, 0.25) is 0 Å². The Labute approximate surface area is 135 Å². The predicted molar refractivity (Wildman–Crippen MR) is 85.4 cm³/mol. The molecule has 0 aromatic heterocycles. The number of halogens is 2. The fourth-order valence-electron chi connectivity index (χ4n) is 1.65. The highest BCUT2D eigenvalue weighted by molar-refractivity contribution is 9.10. The number of rotatable bonds is 4. The zero-order chi connectivity index (χ0) is 14.7. The molecule has 2 rings (SSSR count). The first-order chi connectivity index (χ1) is 9.49. The third-order valence-corrected chi connectivity index (χ3v) is 5.78. The van der Waals surface area contributed by atoms with Gasteiger partial charge in [0.25, 0.3) is 0 Å². The van der Waals surface area contributed by atoms with Crippen LogP contribution in [0.5, 0.6) is 0 Å². The maximum atomic E-state index is 12.3. The molecule has 0 saturated carbocycles. The van der Waals surface area contributed by atoms with E-state index in [2.05, 4.69) is 31.9 Å². The molecule has 0 aliphatic heterocycles. The van der Waals surface area contributed by atoms with Crippen molar-refractivity contribution < 1.29 is 14.1 Å². The standard InChI is InChI=1S/C14H10Br2O3S/c15-11-3-1-2-4-13(11)20(19)8-10-6-5-9(14(17)18)7-12(10)16/h1-7H,8H2,(H,17,18). The molecular weight excluding hydrogens is 408 g/mol. The zero-order valence-electron chi connectivity index (χ0n) is 10.2. The van der Waals surface area contributed by atoms with E-state index in [-0.39, 0.29) is 5.56 Å². The molecular formula is C14H10Br2O3S. The van der Waals surface area contributed by atoms with Crippen molar-refractivity contribution in [3.05, 3.63) is 62.5 Å². The highest BCUT2D eigenvalue weighted by Crippen LogP contribution is 2.25. The van der Waals surface area contributed by atoms with Gasteiger partial charge in [-0.15, -0.1) is 0 Å². The van der Waals surface area contributed by atoms with Gasteiger partial charge >= 0.3 is 5.97 Å². The van der Waals surface area contributed by atoms with Gasteiger partial charge in [0.1, 0.15) is 0 Å². The van der Waals surface area contributed by atoms with E-state index >= 15 is 0 Å². The smallest absolute Gasteiger partial charge is 0.335 e.